The number of pyridine rings is 1. The van der Waals surface area contributed by atoms with Crippen LogP contribution in [0.25, 0.3) is 0 Å². The molecule has 130 valence electrons. The van der Waals surface area contributed by atoms with E-state index >= 15 is 0 Å². The van der Waals surface area contributed by atoms with Gasteiger partial charge in [-0.25, -0.2) is 4.39 Å². The van der Waals surface area contributed by atoms with Crippen LogP contribution in [0.1, 0.15) is 20.7 Å². The Morgan fingerprint density at radius 3 is 2.27 bits per heavy atom. The molecule has 0 bridgehead atoms. The number of halogens is 2. The van der Waals surface area contributed by atoms with Crippen molar-refractivity contribution in [2.75, 3.05) is 10.6 Å². The molecule has 0 atom stereocenters. The molecule has 2 amide bonds. The van der Waals surface area contributed by atoms with E-state index in [4.69, 9.17) is 11.6 Å². The van der Waals surface area contributed by atoms with Gasteiger partial charge >= 0.3 is 0 Å². The van der Waals surface area contributed by atoms with Crippen molar-refractivity contribution in [2.24, 2.45) is 0 Å². The van der Waals surface area contributed by atoms with E-state index in [1.807, 2.05) is 0 Å². The van der Waals surface area contributed by atoms with Crippen LogP contribution in [-0.2, 0) is 0 Å². The predicted octanol–water partition coefficient (Wildman–Crippen LogP) is 4.38. The van der Waals surface area contributed by atoms with Crippen LogP contribution in [0.4, 0.5) is 15.8 Å². The van der Waals surface area contributed by atoms with E-state index in [0.717, 1.165) is 0 Å². The molecular weight excluding hydrogens is 357 g/mol. The fraction of sp³-hybridized carbons (Fsp3) is 0. The zero-order valence-electron chi connectivity index (χ0n) is 13.4. The van der Waals surface area contributed by atoms with Crippen LogP contribution < -0.4 is 10.6 Å². The number of aromatic nitrogens is 1. The molecule has 0 aliphatic carbocycles. The second kappa shape index (κ2) is 7.76. The Balaban J connectivity index is 1.76. The maximum absolute atomic E-state index is 13.6. The molecule has 0 aliphatic rings. The molecule has 26 heavy (non-hydrogen) atoms. The maximum atomic E-state index is 13.6. The van der Waals surface area contributed by atoms with Gasteiger partial charge < -0.3 is 10.6 Å². The smallest absolute Gasteiger partial charge is 0.257 e. The number of nitrogens with zero attached hydrogens (tertiary/aromatic N) is 1. The molecule has 2 N–H and O–H groups in total. The Bertz CT molecular complexity index is 978. The summed E-state index contributed by atoms with van der Waals surface area (Å²) in [5.41, 5.74) is 0.883. The first kappa shape index (κ1) is 17.6. The van der Waals surface area contributed by atoms with Gasteiger partial charge in [0.25, 0.3) is 11.8 Å². The van der Waals surface area contributed by atoms with Crippen molar-refractivity contribution < 1.29 is 14.0 Å². The quantitative estimate of drug-likeness (QED) is 0.717. The van der Waals surface area contributed by atoms with Crippen molar-refractivity contribution in [1.82, 2.24) is 4.98 Å². The van der Waals surface area contributed by atoms with E-state index < -0.39 is 17.6 Å². The van der Waals surface area contributed by atoms with Crippen molar-refractivity contribution in [2.45, 2.75) is 0 Å². The molecule has 0 aliphatic heterocycles. The average Bonchev–Trinajstić information content (AvgIpc) is 2.63. The number of rotatable bonds is 4. The molecule has 2 aromatic carbocycles. The Labute approximate surface area is 153 Å². The van der Waals surface area contributed by atoms with Crippen molar-refractivity contribution >= 4 is 34.8 Å². The number of benzene rings is 2. The number of anilines is 2. The molecule has 1 aromatic heterocycles. The summed E-state index contributed by atoms with van der Waals surface area (Å²) in [5.74, 6) is -1.57. The number of nitrogens with one attached hydrogen (secondary N) is 2. The molecule has 7 heteroatoms. The van der Waals surface area contributed by atoms with Crippen LogP contribution >= 0.6 is 11.6 Å². The molecule has 1 heterocycles. The Morgan fingerprint density at radius 2 is 1.58 bits per heavy atom. The minimum absolute atomic E-state index is 0.0475. The molecule has 3 rings (SSSR count). The van der Waals surface area contributed by atoms with E-state index in [2.05, 4.69) is 15.6 Å². The minimum Gasteiger partial charge on any atom is -0.322 e. The fourth-order valence-electron chi connectivity index (χ4n) is 2.21. The first-order valence-electron chi connectivity index (χ1n) is 7.61. The highest BCUT2D eigenvalue weighted by molar-refractivity contribution is 6.31. The highest BCUT2D eigenvalue weighted by Crippen LogP contribution is 2.17. The Hall–Kier alpha value is -3.25. The Kier molecular flexibility index (Phi) is 5.24. The summed E-state index contributed by atoms with van der Waals surface area (Å²) in [6.07, 6.45) is 2.63. The van der Waals surface area contributed by atoms with Crippen molar-refractivity contribution in [3.05, 3.63) is 89.0 Å². The standard InChI is InChI=1S/C19H13ClFN3O2/c20-14-4-3-5-15(9-14)23-18(25)12-8-13(11-22-10-12)19(26)24-17-7-2-1-6-16(17)21/h1-11H,(H,23,25)(H,24,26). The largest absolute Gasteiger partial charge is 0.322 e. The topological polar surface area (TPSA) is 71.1 Å². The van der Waals surface area contributed by atoms with Crippen LogP contribution in [0.5, 0.6) is 0 Å². The summed E-state index contributed by atoms with van der Waals surface area (Å²) in [7, 11) is 0. The lowest BCUT2D eigenvalue weighted by molar-refractivity contribution is 0.102. The maximum Gasteiger partial charge on any atom is 0.257 e. The van der Waals surface area contributed by atoms with Gasteiger partial charge in [-0.3, -0.25) is 14.6 Å². The summed E-state index contributed by atoms with van der Waals surface area (Å²) >= 11 is 5.88. The third-order valence-corrected chi connectivity index (χ3v) is 3.70. The van der Waals surface area contributed by atoms with Gasteiger partial charge in [-0.15, -0.1) is 0 Å². The van der Waals surface area contributed by atoms with Crippen LogP contribution in [0.15, 0.2) is 67.0 Å². The highest BCUT2D eigenvalue weighted by Gasteiger charge is 2.13. The molecule has 0 saturated carbocycles. The highest BCUT2D eigenvalue weighted by atomic mass is 35.5. The van der Waals surface area contributed by atoms with Gasteiger partial charge in [0, 0.05) is 23.1 Å². The van der Waals surface area contributed by atoms with Crippen LogP contribution in [0.2, 0.25) is 5.02 Å². The second-order valence-electron chi connectivity index (χ2n) is 5.36. The van der Waals surface area contributed by atoms with Gasteiger partial charge in [0.05, 0.1) is 16.8 Å². The minimum atomic E-state index is -0.569. The zero-order chi connectivity index (χ0) is 18.5. The summed E-state index contributed by atoms with van der Waals surface area (Å²) < 4.78 is 13.6. The first-order chi connectivity index (χ1) is 12.5. The van der Waals surface area contributed by atoms with Gasteiger partial charge in [-0.2, -0.15) is 0 Å². The summed E-state index contributed by atoms with van der Waals surface area (Å²) in [4.78, 5) is 28.5. The van der Waals surface area contributed by atoms with E-state index in [0.29, 0.717) is 10.7 Å². The van der Waals surface area contributed by atoms with E-state index in [-0.39, 0.29) is 16.8 Å². The van der Waals surface area contributed by atoms with Gasteiger partial charge in [0.15, 0.2) is 0 Å². The lowest BCUT2D eigenvalue weighted by Crippen LogP contribution is -2.16. The normalized spacial score (nSPS) is 10.2. The fourth-order valence-corrected chi connectivity index (χ4v) is 2.41. The SMILES string of the molecule is O=C(Nc1cccc(Cl)c1)c1cncc(C(=O)Nc2ccccc2F)c1. The van der Waals surface area contributed by atoms with E-state index in [1.165, 1.54) is 36.7 Å². The molecule has 0 saturated heterocycles. The molecule has 0 radical (unpaired) electrons. The first-order valence-corrected chi connectivity index (χ1v) is 7.98. The third-order valence-electron chi connectivity index (χ3n) is 3.47. The molecule has 3 aromatic rings. The zero-order valence-corrected chi connectivity index (χ0v) is 14.1. The lowest BCUT2D eigenvalue weighted by Gasteiger charge is -2.08. The van der Waals surface area contributed by atoms with Crippen molar-refractivity contribution in [3.8, 4) is 0 Å². The van der Waals surface area contributed by atoms with E-state index in [1.54, 1.807) is 30.3 Å². The van der Waals surface area contributed by atoms with Crippen molar-refractivity contribution in [1.29, 1.82) is 0 Å². The molecule has 0 fully saturated rings. The third kappa shape index (κ3) is 4.23. The predicted molar refractivity (Wildman–Crippen MR) is 98.0 cm³/mol. The van der Waals surface area contributed by atoms with Crippen LogP contribution in [0, 0.1) is 5.82 Å². The average molecular weight is 370 g/mol. The number of carbonyl (C=O) groups is 2. The number of carbonyl (C=O) groups excluding carboxylic acids is 2. The molecule has 5 nitrogen and oxygen atoms in total. The van der Waals surface area contributed by atoms with Crippen LogP contribution in [-0.4, -0.2) is 16.8 Å². The summed E-state index contributed by atoms with van der Waals surface area (Å²) in [6.45, 7) is 0. The lowest BCUT2D eigenvalue weighted by atomic mass is 10.1. The number of para-hydroxylation sites is 1. The van der Waals surface area contributed by atoms with E-state index in [9.17, 15) is 14.0 Å². The summed E-state index contributed by atoms with van der Waals surface area (Å²) in [6, 6.07) is 13.9. The van der Waals surface area contributed by atoms with Gasteiger partial charge in [-0.05, 0) is 36.4 Å². The summed E-state index contributed by atoms with van der Waals surface area (Å²) in [5, 5.41) is 5.60. The molecule has 0 unspecified atom stereocenters. The van der Waals surface area contributed by atoms with Crippen molar-refractivity contribution in [3.63, 3.8) is 0 Å². The number of amides is 2. The van der Waals surface area contributed by atoms with Crippen LogP contribution in [0.3, 0.4) is 0 Å². The molecular formula is C19H13ClFN3O2. The van der Waals surface area contributed by atoms with Gasteiger partial charge in [0.2, 0.25) is 0 Å². The monoisotopic (exact) mass is 369 g/mol. The number of hydrogen-bond donors (Lipinski definition) is 2. The Morgan fingerprint density at radius 1 is 0.885 bits per heavy atom. The molecule has 0 spiro atoms. The second-order valence-corrected chi connectivity index (χ2v) is 5.80. The van der Waals surface area contributed by atoms with Gasteiger partial charge in [-0.1, -0.05) is 29.8 Å². The number of hydrogen-bond acceptors (Lipinski definition) is 3. The van der Waals surface area contributed by atoms with Gasteiger partial charge in [0.1, 0.15) is 5.82 Å².